The van der Waals surface area contributed by atoms with Crippen molar-refractivity contribution in [3.8, 4) is 5.69 Å². The van der Waals surface area contributed by atoms with Crippen LogP contribution in [0.2, 0.25) is 0 Å². The van der Waals surface area contributed by atoms with Gasteiger partial charge in [0.1, 0.15) is 5.82 Å². The summed E-state index contributed by atoms with van der Waals surface area (Å²) in [7, 11) is 1.66. The summed E-state index contributed by atoms with van der Waals surface area (Å²) in [5, 5.41) is 13.8. The summed E-state index contributed by atoms with van der Waals surface area (Å²) in [5.74, 6) is 0.460. The number of anilines is 1. The number of nitrogens with one attached hydrogen (secondary N) is 3. The van der Waals surface area contributed by atoms with Gasteiger partial charge in [0.15, 0.2) is 0 Å². The molecule has 0 saturated heterocycles. The van der Waals surface area contributed by atoms with Crippen LogP contribution in [0.3, 0.4) is 0 Å². The first-order chi connectivity index (χ1) is 14.3. The van der Waals surface area contributed by atoms with Gasteiger partial charge in [0.2, 0.25) is 11.8 Å². The zero-order chi connectivity index (χ0) is 21.7. The summed E-state index contributed by atoms with van der Waals surface area (Å²) in [4.78, 5) is 24.9. The smallest absolute Gasteiger partial charge is 0.239 e. The van der Waals surface area contributed by atoms with Crippen LogP contribution in [-0.2, 0) is 15.0 Å². The van der Waals surface area contributed by atoms with E-state index in [2.05, 4.69) is 36.7 Å². The third-order valence-electron chi connectivity index (χ3n) is 5.62. The van der Waals surface area contributed by atoms with Gasteiger partial charge in [-0.25, -0.2) is 4.68 Å². The number of carbonyl (C=O) groups is 2. The minimum atomic E-state index is -0.145. The summed E-state index contributed by atoms with van der Waals surface area (Å²) in [6.45, 7) is 6.45. The van der Waals surface area contributed by atoms with Crippen LogP contribution in [0.25, 0.3) is 5.69 Å². The van der Waals surface area contributed by atoms with E-state index in [4.69, 9.17) is 5.10 Å². The summed E-state index contributed by atoms with van der Waals surface area (Å²) < 4.78 is 1.77. The largest absolute Gasteiger partial charge is 0.359 e. The van der Waals surface area contributed by atoms with Gasteiger partial charge in [-0.3, -0.25) is 9.59 Å². The minimum absolute atomic E-state index is 0.0219. The van der Waals surface area contributed by atoms with Crippen molar-refractivity contribution in [3.63, 3.8) is 0 Å². The Morgan fingerprint density at radius 2 is 1.83 bits per heavy atom. The van der Waals surface area contributed by atoms with Gasteiger partial charge in [-0.05, 0) is 25.0 Å². The lowest BCUT2D eigenvalue weighted by Crippen LogP contribution is -2.47. The molecule has 1 aliphatic carbocycles. The highest BCUT2D eigenvalue weighted by Gasteiger charge is 2.30. The fourth-order valence-electron chi connectivity index (χ4n) is 3.89. The molecule has 2 atom stereocenters. The molecule has 0 unspecified atom stereocenters. The van der Waals surface area contributed by atoms with E-state index in [9.17, 15) is 9.59 Å². The molecule has 0 bridgehead atoms. The molecule has 3 N–H and O–H groups in total. The first kappa shape index (κ1) is 22.0. The molecule has 7 nitrogen and oxygen atoms in total. The second-order valence-electron chi connectivity index (χ2n) is 8.95. The quantitative estimate of drug-likeness (QED) is 0.682. The van der Waals surface area contributed by atoms with Gasteiger partial charge in [0, 0.05) is 24.6 Å². The molecule has 1 aliphatic rings. The average Bonchev–Trinajstić information content (AvgIpc) is 3.17. The number of para-hydroxylation sites is 1. The Labute approximate surface area is 178 Å². The first-order valence-corrected chi connectivity index (χ1v) is 10.7. The Bertz CT molecular complexity index is 869. The van der Waals surface area contributed by atoms with Gasteiger partial charge >= 0.3 is 0 Å². The van der Waals surface area contributed by atoms with Gasteiger partial charge in [-0.1, -0.05) is 51.8 Å². The summed E-state index contributed by atoms with van der Waals surface area (Å²) in [6, 6.07) is 11.7. The molecule has 0 spiro atoms. The molecule has 1 aromatic heterocycles. The first-order valence-electron chi connectivity index (χ1n) is 10.7. The van der Waals surface area contributed by atoms with Crippen LogP contribution in [0.1, 0.15) is 52.1 Å². The van der Waals surface area contributed by atoms with Crippen molar-refractivity contribution in [2.24, 2.45) is 5.92 Å². The van der Waals surface area contributed by atoms with E-state index in [-0.39, 0.29) is 35.7 Å². The van der Waals surface area contributed by atoms with Gasteiger partial charge in [-0.15, -0.1) is 0 Å². The van der Waals surface area contributed by atoms with E-state index in [1.54, 1.807) is 11.7 Å². The van der Waals surface area contributed by atoms with Gasteiger partial charge < -0.3 is 16.0 Å². The number of nitrogens with zero attached hydrogens (tertiary/aromatic N) is 2. The van der Waals surface area contributed by atoms with Crippen LogP contribution in [0, 0.1) is 5.92 Å². The highest BCUT2D eigenvalue weighted by atomic mass is 16.2. The molecular weight excluding hydrogens is 378 g/mol. The van der Waals surface area contributed by atoms with E-state index in [1.165, 1.54) is 0 Å². The number of benzene rings is 1. The Morgan fingerprint density at radius 1 is 1.13 bits per heavy atom. The Balaban J connectivity index is 1.71. The van der Waals surface area contributed by atoms with Crippen molar-refractivity contribution in [1.82, 2.24) is 20.4 Å². The van der Waals surface area contributed by atoms with Crippen molar-refractivity contribution in [2.45, 2.75) is 57.9 Å². The highest BCUT2D eigenvalue weighted by Crippen LogP contribution is 2.27. The van der Waals surface area contributed by atoms with Gasteiger partial charge in [0.05, 0.1) is 23.8 Å². The van der Waals surface area contributed by atoms with E-state index < -0.39 is 0 Å². The average molecular weight is 412 g/mol. The van der Waals surface area contributed by atoms with Crippen LogP contribution in [0.5, 0.6) is 0 Å². The number of carbonyl (C=O) groups excluding carboxylic acids is 2. The van der Waals surface area contributed by atoms with Crippen LogP contribution < -0.4 is 16.0 Å². The molecule has 1 heterocycles. The lowest BCUT2D eigenvalue weighted by Gasteiger charge is -2.30. The van der Waals surface area contributed by atoms with Crippen LogP contribution in [0.15, 0.2) is 36.4 Å². The second-order valence-corrected chi connectivity index (χ2v) is 8.95. The third-order valence-corrected chi connectivity index (χ3v) is 5.62. The molecule has 0 radical (unpaired) electrons. The standard InChI is InChI=1S/C23H33N5O2/c1-23(2,3)19-14-20(28(27-19)16-10-6-5-7-11-16)26-21(29)15-25-18-13-9-8-12-17(18)22(30)24-4/h5-7,10-11,14,17-18,25H,8-9,12-13,15H2,1-4H3,(H,24,30)(H,26,29)/t17-,18+/m0/s1. The Morgan fingerprint density at radius 3 is 2.50 bits per heavy atom. The zero-order valence-corrected chi connectivity index (χ0v) is 18.4. The van der Waals surface area contributed by atoms with Gasteiger partial charge in [0.25, 0.3) is 0 Å². The molecular formula is C23H33N5O2. The fourth-order valence-corrected chi connectivity index (χ4v) is 3.89. The number of aromatic nitrogens is 2. The van der Waals surface area contributed by atoms with Crippen molar-refractivity contribution in [2.75, 3.05) is 18.9 Å². The molecule has 0 aliphatic heterocycles. The molecule has 3 rings (SSSR count). The number of hydrogen-bond acceptors (Lipinski definition) is 4. The lowest BCUT2D eigenvalue weighted by molar-refractivity contribution is -0.126. The monoisotopic (exact) mass is 411 g/mol. The highest BCUT2D eigenvalue weighted by molar-refractivity contribution is 5.92. The molecule has 30 heavy (non-hydrogen) atoms. The maximum absolute atomic E-state index is 12.7. The predicted octanol–water partition coefficient (Wildman–Crippen LogP) is 3.00. The summed E-state index contributed by atoms with van der Waals surface area (Å²) in [6.07, 6.45) is 3.88. The number of rotatable bonds is 6. The molecule has 2 amide bonds. The van der Waals surface area contributed by atoms with Crippen LogP contribution in [0.4, 0.5) is 5.82 Å². The third kappa shape index (κ3) is 5.27. The number of hydrogen-bond donors (Lipinski definition) is 3. The predicted molar refractivity (Wildman–Crippen MR) is 119 cm³/mol. The van der Waals surface area contributed by atoms with E-state index >= 15 is 0 Å². The SMILES string of the molecule is CNC(=O)[C@H]1CCCC[C@H]1NCC(=O)Nc1cc(C(C)(C)C)nn1-c1ccccc1. The normalized spacial score (nSPS) is 19.3. The second kappa shape index (κ2) is 9.43. The van der Waals surface area contributed by atoms with Crippen molar-refractivity contribution in [3.05, 3.63) is 42.1 Å². The lowest BCUT2D eigenvalue weighted by atomic mass is 9.84. The van der Waals surface area contributed by atoms with Crippen molar-refractivity contribution < 1.29 is 9.59 Å². The summed E-state index contributed by atoms with van der Waals surface area (Å²) >= 11 is 0. The molecule has 1 saturated carbocycles. The fraction of sp³-hybridized carbons (Fsp3) is 0.522. The van der Waals surface area contributed by atoms with E-state index in [1.807, 2.05) is 36.4 Å². The minimum Gasteiger partial charge on any atom is -0.359 e. The maximum Gasteiger partial charge on any atom is 0.239 e. The summed E-state index contributed by atoms with van der Waals surface area (Å²) in [5.41, 5.74) is 1.66. The van der Waals surface area contributed by atoms with Crippen LogP contribution >= 0.6 is 0 Å². The molecule has 1 fully saturated rings. The Kier molecular flexibility index (Phi) is 6.92. The van der Waals surface area contributed by atoms with Crippen molar-refractivity contribution in [1.29, 1.82) is 0 Å². The molecule has 162 valence electrons. The number of amides is 2. The van der Waals surface area contributed by atoms with Crippen LogP contribution in [-0.4, -0.2) is 41.2 Å². The van der Waals surface area contributed by atoms with E-state index in [0.29, 0.717) is 5.82 Å². The van der Waals surface area contributed by atoms with E-state index in [0.717, 1.165) is 37.1 Å². The topological polar surface area (TPSA) is 88.1 Å². The molecule has 7 heteroatoms. The van der Waals surface area contributed by atoms with Crippen molar-refractivity contribution >= 4 is 17.6 Å². The molecule has 2 aromatic rings. The maximum atomic E-state index is 12.7. The zero-order valence-electron chi connectivity index (χ0n) is 18.4. The van der Waals surface area contributed by atoms with Gasteiger partial charge in [-0.2, -0.15) is 5.10 Å². The Hall–Kier alpha value is -2.67. The molecule has 1 aromatic carbocycles.